The Kier molecular flexibility index (Phi) is 10.5. The lowest BCUT2D eigenvalue weighted by molar-refractivity contribution is 0.0481. The Morgan fingerprint density at radius 1 is 0.975 bits per heavy atom. The fourth-order valence-corrected chi connectivity index (χ4v) is 4.04. The van der Waals surface area contributed by atoms with Crippen LogP contribution in [0, 0.1) is 5.82 Å². The van der Waals surface area contributed by atoms with E-state index in [1.807, 2.05) is 31.2 Å². The monoisotopic (exact) mass is 551 g/mol. The van der Waals surface area contributed by atoms with Gasteiger partial charge in [0, 0.05) is 47.4 Å². The molecule has 9 nitrogen and oxygen atoms in total. The van der Waals surface area contributed by atoms with Crippen molar-refractivity contribution in [2.45, 2.75) is 12.5 Å². The summed E-state index contributed by atoms with van der Waals surface area (Å²) in [5, 5.41) is 35.0. The number of amides is 1. The van der Waals surface area contributed by atoms with Gasteiger partial charge < -0.3 is 35.7 Å². The molecule has 4 rings (SSSR count). The number of likely N-dealkylation sites (N-methyl/N-ethyl adjacent to an activating group) is 1. The maximum atomic E-state index is 13.4. The van der Waals surface area contributed by atoms with Crippen LogP contribution in [0.3, 0.4) is 0 Å². The zero-order valence-electron chi connectivity index (χ0n) is 22.6. The summed E-state index contributed by atoms with van der Waals surface area (Å²) in [6, 6.07) is 16.8. The third-order valence-electron chi connectivity index (χ3n) is 6.53. The van der Waals surface area contributed by atoms with Crippen LogP contribution in [0.5, 0.6) is 0 Å². The van der Waals surface area contributed by atoms with E-state index in [-0.39, 0.29) is 31.5 Å². The molecule has 0 aliphatic heterocycles. The number of hydrogen-bond donors (Lipinski definition) is 6. The Bertz CT molecular complexity index is 1430. The molecular formula is C30H34FN3O6. The number of carbonyl (C=O) groups excluding carboxylic acids is 2. The van der Waals surface area contributed by atoms with E-state index in [2.05, 4.69) is 16.0 Å². The highest BCUT2D eigenvalue weighted by Crippen LogP contribution is 2.39. The fourth-order valence-electron chi connectivity index (χ4n) is 4.04. The average molecular weight is 552 g/mol. The normalized spacial score (nSPS) is 11.1. The van der Waals surface area contributed by atoms with Crippen molar-refractivity contribution in [1.82, 2.24) is 10.6 Å². The lowest BCUT2D eigenvalue weighted by atomic mass is 9.97. The van der Waals surface area contributed by atoms with Crippen LogP contribution in [0.15, 0.2) is 65.1 Å². The number of nitrogens with one attached hydrogen (secondary N) is 3. The first-order valence-electron chi connectivity index (χ1n) is 12.7. The van der Waals surface area contributed by atoms with E-state index in [0.717, 1.165) is 23.1 Å². The molecule has 0 unspecified atom stereocenters. The second-order valence-electron chi connectivity index (χ2n) is 9.06. The zero-order chi connectivity index (χ0) is 29.3. The number of aliphatic hydroxyl groups excluding tert-OH is 3. The van der Waals surface area contributed by atoms with Crippen LogP contribution in [0.25, 0.3) is 33.4 Å². The van der Waals surface area contributed by atoms with Crippen molar-refractivity contribution in [1.29, 1.82) is 0 Å². The highest BCUT2D eigenvalue weighted by Gasteiger charge is 2.25. The van der Waals surface area contributed by atoms with Crippen LogP contribution in [0.1, 0.15) is 27.6 Å². The molecule has 4 aromatic rings. The molecule has 212 valence electrons. The Morgan fingerprint density at radius 3 is 2.17 bits per heavy atom. The van der Waals surface area contributed by atoms with Gasteiger partial charge in [0.15, 0.2) is 0 Å². The van der Waals surface area contributed by atoms with Gasteiger partial charge in [-0.2, -0.15) is 0 Å². The zero-order valence-corrected chi connectivity index (χ0v) is 22.6. The summed E-state index contributed by atoms with van der Waals surface area (Å²) < 4.78 is 19.5. The van der Waals surface area contributed by atoms with Crippen LogP contribution in [-0.2, 0) is 0 Å². The molecule has 0 fully saturated rings. The summed E-state index contributed by atoms with van der Waals surface area (Å²) in [5.41, 5.74) is 3.66. The van der Waals surface area contributed by atoms with Crippen LogP contribution in [0.2, 0.25) is 0 Å². The second kappa shape index (κ2) is 13.8. The Morgan fingerprint density at radius 2 is 1.65 bits per heavy atom. The largest absolute Gasteiger partial charge is 0.455 e. The van der Waals surface area contributed by atoms with Crippen molar-refractivity contribution in [3.05, 3.63) is 77.6 Å². The van der Waals surface area contributed by atoms with E-state index in [9.17, 15) is 14.0 Å². The molecule has 0 spiro atoms. The van der Waals surface area contributed by atoms with E-state index in [1.54, 1.807) is 38.4 Å². The molecule has 0 radical (unpaired) electrons. The molecule has 0 aliphatic carbocycles. The van der Waals surface area contributed by atoms with Crippen LogP contribution in [-0.4, -0.2) is 73.5 Å². The molecule has 0 saturated heterocycles. The first kappa shape index (κ1) is 30.5. The van der Waals surface area contributed by atoms with Crippen LogP contribution in [0.4, 0.5) is 10.1 Å². The minimum absolute atomic E-state index is 0.267. The molecule has 0 bridgehead atoms. The first-order valence-corrected chi connectivity index (χ1v) is 12.7. The van der Waals surface area contributed by atoms with Gasteiger partial charge in [0.05, 0.1) is 30.9 Å². The number of fused-ring (bicyclic) bond motifs is 1. The van der Waals surface area contributed by atoms with Gasteiger partial charge >= 0.3 is 0 Å². The number of carbonyl (C=O) groups is 2. The maximum absolute atomic E-state index is 13.4. The number of aldehydes is 1. The molecule has 1 amide bonds. The Hall–Kier alpha value is -4.09. The van der Waals surface area contributed by atoms with Gasteiger partial charge in [-0.15, -0.1) is 0 Å². The van der Waals surface area contributed by atoms with Gasteiger partial charge in [0.1, 0.15) is 23.4 Å². The minimum atomic E-state index is -0.917. The molecular weight excluding hydrogens is 517 g/mol. The van der Waals surface area contributed by atoms with E-state index in [0.29, 0.717) is 40.0 Å². The number of anilines is 1. The predicted molar refractivity (Wildman–Crippen MR) is 153 cm³/mol. The number of rotatable bonds is 10. The summed E-state index contributed by atoms with van der Waals surface area (Å²) in [5.74, 6) is -0.300. The van der Waals surface area contributed by atoms with E-state index in [1.165, 1.54) is 12.1 Å². The van der Waals surface area contributed by atoms with Gasteiger partial charge in [-0.25, -0.2) is 4.39 Å². The smallest absolute Gasteiger partial charge is 0.255 e. The molecule has 1 heterocycles. The molecule has 40 heavy (non-hydrogen) atoms. The standard InChI is InChI=1S/C25H21FN2O3.C5H13NO3/c1-3-28-21-13-22-20(12-19(21)17-6-4-5-15(11-17)14-29)23(25(30)27-2)24(31-22)16-7-9-18(26)10-8-16;1-6-5(2-7,3-8)4-9/h4-14,28H,3H2,1-2H3,(H,27,30);6-9H,2-4H2,1H3. The summed E-state index contributed by atoms with van der Waals surface area (Å²) in [4.78, 5) is 24.1. The predicted octanol–water partition coefficient (Wildman–Crippen LogP) is 3.43. The number of furan rings is 1. The summed E-state index contributed by atoms with van der Waals surface area (Å²) in [6.07, 6.45) is 0.801. The lowest BCUT2D eigenvalue weighted by Crippen LogP contribution is -2.52. The third-order valence-corrected chi connectivity index (χ3v) is 6.53. The van der Waals surface area contributed by atoms with Crippen molar-refractivity contribution in [2.75, 3.05) is 45.8 Å². The third kappa shape index (κ3) is 6.54. The SMILES string of the molecule is CCNc1cc2oc(-c3ccc(F)cc3)c(C(=O)NC)c2cc1-c1cccc(C=O)c1.CNC(CO)(CO)CO. The topological polar surface area (TPSA) is 144 Å². The van der Waals surface area contributed by atoms with Gasteiger partial charge in [-0.3, -0.25) is 9.59 Å². The maximum Gasteiger partial charge on any atom is 0.255 e. The van der Waals surface area contributed by atoms with Crippen molar-refractivity contribution < 1.29 is 33.7 Å². The number of halogens is 1. The Labute approximate surface area is 231 Å². The Balaban J connectivity index is 0.000000424. The van der Waals surface area contributed by atoms with Crippen molar-refractivity contribution in [3.63, 3.8) is 0 Å². The quantitative estimate of drug-likeness (QED) is 0.165. The van der Waals surface area contributed by atoms with E-state index >= 15 is 0 Å². The van der Waals surface area contributed by atoms with Gasteiger partial charge in [0.2, 0.25) is 0 Å². The molecule has 3 aromatic carbocycles. The van der Waals surface area contributed by atoms with Crippen molar-refractivity contribution in [3.8, 4) is 22.5 Å². The highest BCUT2D eigenvalue weighted by atomic mass is 19.1. The van der Waals surface area contributed by atoms with Gasteiger partial charge in [-0.05, 0) is 55.9 Å². The van der Waals surface area contributed by atoms with Crippen molar-refractivity contribution >= 4 is 28.8 Å². The summed E-state index contributed by atoms with van der Waals surface area (Å²) in [6.45, 7) is 1.86. The van der Waals surface area contributed by atoms with E-state index < -0.39 is 5.54 Å². The molecule has 10 heteroatoms. The average Bonchev–Trinajstić information content (AvgIpc) is 3.37. The van der Waals surface area contributed by atoms with Crippen molar-refractivity contribution in [2.24, 2.45) is 0 Å². The molecule has 0 aliphatic rings. The van der Waals surface area contributed by atoms with Crippen LogP contribution >= 0.6 is 0 Å². The number of aliphatic hydroxyl groups is 3. The van der Waals surface area contributed by atoms with Gasteiger partial charge in [0.25, 0.3) is 5.91 Å². The summed E-state index contributed by atoms with van der Waals surface area (Å²) >= 11 is 0. The number of hydrogen-bond acceptors (Lipinski definition) is 8. The molecule has 6 N–H and O–H groups in total. The molecule has 0 saturated carbocycles. The second-order valence-corrected chi connectivity index (χ2v) is 9.06. The van der Waals surface area contributed by atoms with Crippen LogP contribution < -0.4 is 16.0 Å². The first-order chi connectivity index (χ1) is 19.3. The summed E-state index contributed by atoms with van der Waals surface area (Å²) in [7, 11) is 3.12. The number of benzene rings is 3. The highest BCUT2D eigenvalue weighted by molar-refractivity contribution is 6.12. The van der Waals surface area contributed by atoms with E-state index in [4.69, 9.17) is 19.7 Å². The lowest BCUT2D eigenvalue weighted by Gasteiger charge is -2.26. The fraction of sp³-hybridized carbons (Fsp3) is 0.267. The van der Waals surface area contributed by atoms with Gasteiger partial charge in [-0.1, -0.05) is 18.2 Å². The molecule has 0 atom stereocenters. The minimum Gasteiger partial charge on any atom is -0.455 e. The molecule has 1 aromatic heterocycles.